The van der Waals surface area contributed by atoms with Crippen molar-refractivity contribution < 1.29 is 14.3 Å². The first-order chi connectivity index (χ1) is 9.43. The van der Waals surface area contributed by atoms with E-state index in [1.165, 1.54) is 0 Å². The van der Waals surface area contributed by atoms with E-state index in [0.717, 1.165) is 11.3 Å². The van der Waals surface area contributed by atoms with Crippen LogP contribution in [0, 0.1) is 5.92 Å². The van der Waals surface area contributed by atoms with E-state index >= 15 is 0 Å². The van der Waals surface area contributed by atoms with Crippen molar-refractivity contribution in [2.75, 3.05) is 13.7 Å². The Balaban J connectivity index is 2.53. The Bertz CT molecular complexity index is 455. The number of carbonyl (C=O) groups is 2. The molecule has 0 radical (unpaired) electrons. The van der Waals surface area contributed by atoms with Gasteiger partial charge in [0.2, 0.25) is 0 Å². The second-order valence-electron chi connectivity index (χ2n) is 5.07. The van der Waals surface area contributed by atoms with Gasteiger partial charge in [-0.2, -0.15) is 0 Å². The fourth-order valence-electron chi connectivity index (χ4n) is 1.62. The maximum atomic E-state index is 11.7. The van der Waals surface area contributed by atoms with E-state index < -0.39 is 11.8 Å². The molecule has 0 saturated carbocycles. The highest BCUT2D eigenvalue weighted by Crippen LogP contribution is 2.16. The molecule has 2 N–H and O–H groups in total. The summed E-state index contributed by atoms with van der Waals surface area (Å²) in [5, 5.41) is 5.25. The minimum absolute atomic E-state index is 0.238. The standard InChI is InChI=1S/C15H22N2O3/c1-10(2)9-16-14(18)15(19)17-11(3)12-5-7-13(20-4)8-6-12/h5-8,10-11H,9H2,1-4H3,(H,16,18)(H,17,19). The SMILES string of the molecule is COc1ccc(C(C)NC(=O)C(=O)NCC(C)C)cc1. The molecule has 110 valence electrons. The highest BCUT2D eigenvalue weighted by molar-refractivity contribution is 6.35. The van der Waals surface area contributed by atoms with Crippen molar-refractivity contribution in [1.82, 2.24) is 10.6 Å². The summed E-state index contributed by atoms with van der Waals surface area (Å²) in [6.45, 7) is 6.26. The first-order valence-corrected chi connectivity index (χ1v) is 6.66. The lowest BCUT2D eigenvalue weighted by Gasteiger charge is -2.15. The molecule has 0 heterocycles. The van der Waals surface area contributed by atoms with Crippen LogP contribution in [0.3, 0.4) is 0 Å². The number of amides is 2. The first kappa shape index (κ1) is 16.0. The molecule has 2 amide bonds. The Hall–Kier alpha value is -2.04. The molecule has 5 heteroatoms. The molecule has 1 rings (SSSR count). The van der Waals surface area contributed by atoms with Crippen molar-refractivity contribution in [3.63, 3.8) is 0 Å². The number of ether oxygens (including phenoxy) is 1. The zero-order chi connectivity index (χ0) is 15.1. The number of nitrogens with one attached hydrogen (secondary N) is 2. The van der Waals surface area contributed by atoms with Gasteiger partial charge in [-0.15, -0.1) is 0 Å². The van der Waals surface area contributed by atoms with E-state index in [-0.39, 0.29) is 6.04 Å². The van der Waals surface area contributed by atoms with Crippen molar-refractivity contribution >= 4 is 11.8 Å². The smallest absolute Gasteiger partial charge is 0.309 e. The van der Waals surface area contributed by atoms with Crippen LogP contribution in [-0.4, -0.2) is 25.5 Å². The normalized spacial score (nSPS) is 11.8. The highest BCUT2D eigenvalue weighted by atomic mass is 16.5. The lowest BCUT2D eigenvalue weighted by atomic mass is 10.1. The zero-order valence-electron chi connectivity index (χ0n) is 12.4. The fraction of sp³-hybridized carbons (Fsp3) is 0.467. The third-order valence-corrected chi connectivity index (χ3v) is 2.84. The highest BCUT2D eigenvalue weighted by Gasteiger charge is 2.16. The lowest BCUT2D eigenvalue weighted by Crippen LogP contribution is -2.42. The quantitative estimate of drug-likeness (QED) is 0.805. The third kappa shape index (κ3) is 4.91. The van der Waals surface area contributed by atoms with Crippen LogP contribution in [0.4, 0.5) is 0 Å². The molecule has 0 saturated heterocycles. The van der Waals surface area contributed by atoms with Crippen molar-refractivity contribution in [2.45, 2.75) is 26.8 Å². The minimum atomic E-state index is -0.617. The van der Waals surface area contributed by atoms with E-state index in [4.69, 9.17) is 4.74 Å². The van der Waals surface area contributed by atoms with Crippen LogP contribution in [0.15, 0.2) is 24.3 Å². The molecular weight excluding hydrogens is 256 g/mol. The van der Waals surface area contributed by atoms with Gasteiger partial charge >= 0.3 is 11.8 Å². The Morgan fingerprint density at radius 1 is 1.10 bits per heavy atom. The van der Waals surface area contributed by atoms with Gasteiger partial charge in [-0.3, -0.25) is 9.59 Å². The van der Waals surface area contributed by atoms with Crippen LogP contribution in [0.1, 0.15) is 32.4 Å². The summed E-state index contributed by atoms with van der Waals surface area (Å²) in [6.07, 6.45) is 0. The number of benzene rings is 1. The predicted octanol–water partition coefficient (Wildman–Crippen LogP) is 1.64. The second kappa shape index (κ2) is 7.53. The number of hydrogen-bond acceptors (Lipinski definition) is 3. The molecule has 1 aromatic carbocycles. The Morgan fingerprint density at radius 3 is 2.20 bits per heavy atom. The maximum Gasteiger partial charge on any atom is 0.309 e. The summed E-state index contributed by atoms with van der Waals surface area (Å²) in [5.41, 5.74) is 0.913. The first-order valence-electron chi connectivity index (χ1n) is 6.66. The van der Waals surface area contributed by atoms with Crippen molar-refractivity contribution in [3.8, 4) is 5.75 Å². The molecule has 0 bridgehead atoms. The molecule has 0 spiro atoms. The number of hydrogen-bond donors (Lipinski definition) is 2. The summed E-state index contributed by atoms with van der Waals surface area (Å²) < 4.78 is 5.07. The van der Waals surface area contributed by atoms with E-state index in [0.29, 0.717) is 12.5 Å². The van der Waals surface area contributed by atoms with E-state index in [9.17, 15) is 9.59 Å². The topological polar surface area (TPSA) is 67.4 Å². The average Bonchev–Trinajstić information content (AvgIpc) is 2.44. The zero-order valence-corrected chi connectivity index (χ0v) is 12.4. The van der Waals surface area contributed by atoms with E-state index in [1.807, 2.05) is 45.0 Å². The third-order valence-electron chi connectivity index (χ3n) is 2.84. The van der Waals surface area contributed by atoms with Gasteiger partial charge in [-0.25, -0.2) is 0 Å². The summed E-state index contributed by atoms with van der Waals surface area (Å²) in [7, 11) is 1.60. The second-order valence-corrected chi connectivity index (χ2v) is 5.07. The largest absolute Gasteiger partial charge is 0.497 e. The number of rotatable bonds is 5. The average molecular weight is 278 g/mol. The Labute approximate surface area is 119 Å². The van der Waals surface area contributed by atoms with Gasteiger partial charge < -0.3 is 15.4 Å². The minimum Gasteiger partial charge on any atom is -0.497 e. The molecule has 20 heavy (non-hydrogen) atoms. The van der Waals surface area contributed by atoms with Gasteiger partial charge in [0.05, 0.1) is 13.2 Å². The van der Waals surface area contributed by atoms with Crippen LogP contribution in [0.25, 0.3) is 0 Å². The fourth-order valence-corrected chi connectivity index (χ4v) is 1.62. The van der Waals surface area contributed by atoms with Gasteiger partial charge in [-0.1, -0.05) is 26.0 Å². The molecular formula is C15H22N2O3. The van der Waals surface area contributed by atoms with Gasteiger partial charge in [0.25, 0.3) is 0 Å². The molecule has 0 aliphatic rings. The molecule has 5 nitrogen and oxygen atoms in total. The van der Waals surface area contributed by atoms with E-state index in [1.54, 1.807) is 7.11 Å². The van der Waals surface area contributed by atoms with Gasteiger partial charge in [0.1, 0.15) is 5.75 Å². The lowest BCUT2D eigenvalue weighted by molar-refractivity contribution is -0.139. The predicted molar refractivity (Wildman–Crippen MR) is 77.4 cm³/mol. The van der Waals surface area contributed by atoms with Crippen LogP contribution in [0.2, 0.25) is 0 Å². The maximum absolute atomic E-state index is 11.7. The van der Waals surface area contributed by atoms with Gasteiger partial charge in [0, 0.05) is 6.54 Å². The van der Waals surface area contributed by atoms with Crippen molar-refractivity contribution in [2.24, 2.45) is 5.92 Å². The molecule has 0 aliphatic carbocycles. The van der Waals surface area contributed by atoms with Crippen molar-refractivity contribution in [3.05, 3.63) is 29.8 Å². The number of carbonyl (C=O) groups excluding carboxylic acids is 2. The molecule has 1 unspecified atom stereocenters. The van der Waals surface area contributed by atoms with Gasteiger partial charge in [0.15, 0.2) is 0 Å². The molecule has 0 aliphatic heterocycles. The van der Waals surface area contributed by atoms with Gasteiger partial charge in [-0.05, 0) is 30.5 Å². The summed E-state index contributed by atoms with van der Waals surface area (Å²) in [4.78, 5) is 23.3. The monoisotopic (exact) mass is 278 g/mol. The van der Waals surface area contributed by atoms with Crippen LogP contribution < -0.4 is 15.4 Å². The summed E-state index contributed by atoms with van der Waals surface area (Å²) in [6, 6.07) is 7.11. The Kier molecular flexibility index (Phi) is 6.03. The number of methoxy groups -OCH3 is 1. The van der Waals surface area contributed by atoms with Crippen LogP contribution in [-0.2, 0) is 9.59 Å². The van der Waals surface area contributed by atoms with E-state index in [2.05, 4.69) is 10.6 Å². The Morgan fingerprint density at radius 2 is 1.70 bits per heavy atom. The van der Waals surface area contributed by atoms with Crippen LogP contribution >= 0.6 is 0 Å². The summed E-state index contributed by atoms with van der Waals surface area (Å²) >= 11 is 0. The molecule has 0 aromatic heterocycles. The van der Waals surface area contributed by atoms with Crippen molar-refractivity contribution in [1.29, 1.82) is 0 Å². The molecule has 0 fully saturated rings. The van der Waals surface area contributed by atoms with Crippen LogP contribution in [0.5, 0.6) is 5.75 Å². The summed E-state index contributed by atoms with van der Waals surface area (Å²) in [5.74, 6) is -0.152. The molecule has 1 atom stereocenters. The molecule has 1 aromatic rings.